The molecule has 3 N–H and O–H groups in total. The summed E-state index contributed by atoms with van der Waals surface area (Å²) in [6.45, 7) is 0.345. The van der Waals surface area contributed by atoms with Crippen LogP contribution in [-0.4, -0.2) is 9.97 Å². The number of rotatable bonds is 3. The summed E-state index contributed by atoms with van der Waals surface area (Å²) in [7, 11) is 0. The fourth-order valence-electron chi connectivity index (χ4n) is 1.16. The molecule has 0 fully saturated rings. The van der Waals surface area contributed by atoms with Crippen molar-refractivity contribution in [3.8, 4) is 5.75 Å². The number of H-pyrrole nitrogens is 1. The molecule has 2 aromatic rings. The molecule has 5 heteroatoms. The van der Waals surface area contributed by atoms with Crippen LogP contribution in [0.25, 0.3) is 0 Å². The van der Waals surface area contributed by atoms with E-state index in [4.69, 9.17) is 22.1 Å². The van der Waals surface area contributed by atoms with Gasteiger partial charge in [0.25, 0.3) is 0 Å². The van der Waals surface area contributed by atoms with Crippen molar-refractivity contribution in [2.75, 3.05) is 5.73 Å². The molecule has 0 aliphatic carbocycles. The minimum absolute atomic E-state index is 0.345. The van der Waals surface area contributed by atoms with Gasteiger partial charge in [-0.25, -0.2) is 4.98 Å². The topological polar surface area (TPSA) is 63.9 Å². The average Bonchev–Trinajstić information content (AvgIpc) is 2.62. The van der Waals surface area contributed by atoms with Gasteiger partial charge in [0.15, 0.2) is 0 Å². The summed E-state index contributed by atoms with van der Waals surface area (Å²) in [5.41, 5.74) is 5.48. The Balaban J connectivity index is 1.99. The second-order valence-corrected chi connectivity index (χ2v) is 3.47. The van der Waals surface area contributed by atoms with Crippen LogP contribution in [0, 0.1) is 0 Å². The smallest absolute Gasteiger partial charge is 0.146 e. The zero-order valence-corrected chi connectivity index (χ0v) is 8.66. The summed E-state index contributed by atoms with van der Waals surface area (Å²) in [5, 5.41) is 0.645. The van der Waals surface area contributed by atoms with E-state index in [1.54, 1.807) is 18.3 Å². The molecule has 1 heterocycles. The van der Waals surface area contributed by atoms with E-state index in [1.165, 1.54) is 0 Å². The first-order valence-electron chi connectivity index (χ1n) is 4.42. The predicted molar refractivity (Wildman–Crippen MR) is 58.8 cm³/mol. The lowest BCUT2D eigenvalue weighted by atomic mass is 10.3. The van der Waals surface area contributed by atoms with Gasteiger partial charge in [0.2, 0.25) is 0 Å². The van der Waals surface area contributed by atoms with Crippen LogP contribution in [0.4, 0.5) is 5.82 Å². The second-order valence-electron chi connectivity index (χ2n) is 3.03. The molecule has 78 valence electrons. The van der Waals surface area contributed by atoms with E-state index in [0.717, 1.165) is 0 Å². The zero-order chi connectivity index (χ0) is 10.7. The first-order valence-corrected chi connectivity index (χ1v) is 4.79. The highest BCUT2D eigenvalue weighted by molar-refractivity contribution is 6.30. The molecule has 0 aliphatic heterocycles. The maximum absolute atomic E-state index is 5.81. The standard InChI is InChI=1S/C10H10ClN3O/c11-7-2-1-3-8(4-7)15-6-10-13-5-9(12)14-10/h1-5H,6,12H2,(H,13,14). The average molecular weight is 224 g/mol. The lowest BCUT2D eigenvalue weighted by Crippen LogP contribution is -1.97. The van der Waals surface area contributed by atoms with Gasteiger partial charge in [0.1, 0.15) is 24.0 Å². The van der Waals surface area contributed by atoms with Crippen molar-refractivity contribution < 1.29 is 4.74 Å². The zero-order valence-electron chi connectivity index (χ0n) is 7.90. The van der Waals surface area contributed by atoms with Crippen LogP contribution in [0.1, 0.15) is 5.82 Å². The summed E-state index contributed by atoms with van der Waals surface area (Å²) in [5.74, 6) is 1.92. The highest BCUT2D eigenvalue weighted by Crippen LogP contribution is 2.17. The van der Waals surface area contributed by atoms with E-state index in [9.17, 15) is 0 Å². The molecule has 15 heavy (non-hydrogen) atoms. The molecule has 4 nitrogen and oxygen atoms in total. The number of benzene rings is 1. The van der Waals surface area contributed by atoms with Crippen LogP contribution >= 0.6 is 11.6 Å². The molecule has 1 aromatic carbocycles. The maximum Gasteiger partial charge on any atom is 0.146 e. The highest BCUT2D eigenvalue weighted by atomic mass is 35.5. The molecule has 0 amide bonds. The molecule has 0 spiro atoms. The van der Waals surface area contributed by atoms with Crippen molar-refractivity contribution in [1.82, 2.24) is 9.97 Å². The van der Waals surface area contributed by atoms with Crippen molar-refractivity contribution in [3.05, 3.63) is 41.3 Å². The summed E-state index contributed by atoms with van der Waals surface area (Å²) in [6, 6.07) is 7.19. The van der Waals surface area contributed by atoms with Crippen molar-refractivity contribution in [3.63, 3.8) is 0 Å². The van der Waals surface area contributed by atoms with Gasteiger partial charge in [-0.3, -0.25) is 0 Å². The Bertz CT molecular complexity index is 455. The van der Waals surface area contributed by atoms with Gasteiger partial charge in [-0.1, -0.05) is 17.7 Å². The molecule has 0 atom stereocenters. The van der Waals surface area contributed by atoms with Gasteiger partial charge >= 0.3 is 0 Å². The highest BCUT2D eigenvalue weighted by Gasteiger charge is 1.99. The van der Waals surface area contributed by atoms with Gasteiger partial charge in [0, 0.05) is 5.02 Å². The third kappa shape index (κ3) is 2.63. The second kappa shape index (κ2) is 4.23. The minimum atomic E-state index is 0.345. The summed E-state index contributed by atoms with van der Waals surface area (Å²) in [6.07, 6.45) is 1.55. The molecule has 2 rings (SSSR count). The van der Waals surface area contributed by atoms with Crippen LogP contribution in [-0.2, 0) is 6.61 Å². The first kappa shape index (κ1) is 9.86. The van der Waals surface area contributed by atoms with Crippen LogP contribution in [0.3, 0.4) is 0 Å². The molecule has 0 radical (unpaired) electrons. The fraction of sp³-hybridized carbons (Fsp3) is 0.100. The minimum Gasteiger partial charge on any atom is -0.486 e. The SMILES string of the molecule is Nc1cnc(COc2cccc(Cl)c2)[nH]1. The normalized spacial score (nSPS) is 10.2. The number of aromatic nitrogens is 2. The Hall–Kier alpha value is -1.68. The number of aromatic amines is 1. The summed E-state index contributed by atoms with van der Waals surface area (Å²) >= 11 is 5.81. The Kier molecular flexibility index (Phi) is 2.78. The van der Waals surface area contributed by atoms with Crippen LogP contribution in [0.2, 0.25) is 5.02 Å². The van der Waals surface area contributed by atoms with Gasteiger partial charge in [0.05, 0.1) is 6.20 Å². The van der Waals surface area contributed by atoms with E-state index in [2.05, 4.69) is 9.97 Å². The number of hydrogen-bond acceptors (Lipinski definition) is 3. The lowest BCUT2D eigenvalue weighted by molar-refractivity contribution is 0.297. The number of imidazole rings is 1. The van der Waals surface area contributed by atoms with E-state index in [1.807, 2.05) is 12.1 Å². The number of nitrogens with two attached hydrogens (primary N) is 1. The van der Waals surface area contributed by atoms with Crippen molar-refractivity contribution >= 4 is 17.4 Å². The first-order chi connectivity index (χ1) is 7.24. The molecule has 0 bridgehead atoms. The monoisotopic (exact) mass is 223 g/mol. The molecule has 0 aliphatic rings. The Morgan fingerprint density at radius 2 is 2.33 bits per heavy atom. The van der Waals surface area contributed by atoms with E-state index in [-0.39, 0.29) is 0 Å². The van der Waals surface area contributed by atoms with Crippen LogP contribution in [0.15, 0.2) is 30.5 Å². The van der Waals surface area contributed by atoms with E-state index < -0.39 is 0 Å². The van der Waals surface area contributed by atoms with Crippen molar-refractivity contribution in [2.45, 2.75) is 6.61 Å². The van der Waals surface area contributed by atoms with E-state index >= 15 is 0 Å². The Labute approximate surface area is 92.0 Å². The number of nitrogens with one attached hydrogen (secondary N) is 1. The third-order valence-electron chi connectivity index (χ3n) is 1.82. The summed E-state index contributed by atoms with van der Waals surface area (Å²) in [4.78, 5) is 6.88. The van der Waals surface area contributed by atoms with Crippen molar-refractivity contribution in [2.24, 2.45) is 0 Å². The number of nitrogen functional groups attached to an aromatic ring is 1. The van der Waals surface area contributed by atoms with Gasteiger partial charge < -0.3 is 15.5 Å². The van der Waals surface area contributed by atoms with Gasteiger partial charge in [-0.2, -0.15) is 0 Å². The number of halogens is 1. The molecule has 0 saturated carbocycles. The number of anilines is 1. The van der Waals surface area contributed by atoms with Gasteiger partial charge in [-0.15, -0.1) is 0 Å². The number of nitrogens with zero attached hydrogens (tertiary/aromatic N) is 1. The molecule has 1 aromatic heterocycles. The largest absolute Gasteiger partial charge is 0.486 e. The van der Waals surface area contributed by atoms with E-state index in [0.29, 0.717) is 29.0 Å². The molecule has 0 saturated heterocycles. The third-order valence-corrected chi connectivity index (χ3v) is 2.05. The fourth-order valence-corrected chi connectivity index (χ4v) is 1.34. The molecule has 0 unspecified atom stereocenters. The lowest BCUT2D eigenvalue weighted by Gasteiger charge is -2.03. The molecular weight excluding hydrogens is 214 g/mol. The van der Waals surface area contributed by atoms with Crippen molar-refractivity contribution in [1.29, 1.82) is 0 Å². The summed E-state index contributed by atoms with van der Waals surface area (Å²) < 4.78 is 5.45. The molecular formula is C10H10ClN3O. The maximum atomic E-state index is 5.81. The quantitative estimate of drug-likeness (QED) is 0.839. The predicted octanol–water partition coefficient (Wildman–Crippen LogP) is 2.22. The van der Waals surface area contributed by atoms with Crippen LogP contribution < -0.4 is 10.5 Å². The number of hydrogen-bond donors (Lipinski definition) is 2. The Morgan fingerprint density at radius 1 is 1.47 bits per heavy atom. The number of ether oxygens (including phenoxy) is 1. The Morgan fingerprint density at radius 3 is 3.00 bits per heavy atom. The van der Waals surface area contributed by atoms with Crippen LogP contribution in [0.5, 0.6) is 5.75 Å². The van der Waals surface area contributed by atoms with Gasteiger partial charge in [-0.05, 0) is 18.2 Å².